The zero-order chi connectivity index (χ0) is 17.4. The van der Waals surface area contributed by atoms with Gasteiger partial charge in [-0.25, -0.2) is 0 Å². The molecule has 0 aromatic carbocycles. The molecule has 1 aromatic heterocycles. The fourth-order valence-corrected chi connectivity index (χ4v) is 3.36. The van der Waals surface area contributed by atoms with Crippen molar-refractivity contribution in [3.05, 3.63) is 24.5 Å². The average molecular weight is 461 g/mol. The van der Waals surface area contributed by atoms with Crippen molar-refractivity contribution in [2.75, 3.05) is 33.7 Å². The molecule has 6 nitrogen and oxygen atoms in total. The first-order valence-electron chi connectivity index (χ1n) is 8.92. The molecule has 0 radical (unpaired) electrons. The zero-order valence-corrected chi connectivity index (χ0v) is 18.0. The summed E-state index contributed by atoms with van der Waals surface area (Å²) in [5.74, 6) is 1.01. The Morgan fingerprint density at radius 1 is 1.20 bits per heavy atom. The summed E-state index contributed by atoms with van der Waals surface area (Å²) in [5, 5.41) is 6.64. The van der Waals surface area contributed by atoms with Crippen LogP contribution in [-0.4, -0.2) is 55.1 Å². The molecule has 1 aliphatic carbocycles. The van der Waals surface area contributed by atoms with E-state index in [9.17, 15) is 4.79 Å². The van der Waals surface area contributed by atoms with Crippen molar-refractivity contribution in [3.63, 3.8) is 0 Å². The third kappa shape index (κ3) is 6.20. The quantitative estimate of drug-likeness (QED) is 0.372. The van der Waals surface area contributed by atoms with Crippen molar-refractivity contribution in [2.45, 2.75) is 39.2 Å². The number of guanidine groups is 1. The molecule has 0 atom stereocenters. The van der Waals surface area contributed by atoms with Crippen LogP contribution in [0.3, 0.4) is 0 Å². The zero-order valence-electron chi connectivity index (χ0n) is 15.6. The Morgan fingerprint density at radius 3 is 2.40 bits per heavy atom. The Hall–Kier alpha value is -1.25. The topological polar surface area (TPSA) is 61.7 Å². The normalized spacial score (nSPS) is 16.2. The molecule has 1 amide bonds. The molecule has 7 heteroatoms. The summed E-state index contributed by atoms with van der Waals surface area (Å²) >= 11 is 0. The first-order chi connectivity index (χ1) is 11.6. The van der Waals surface area contributed by atoms with E-state index >= 15 is 0 Å². The van der Waals surface area contributed by atoms with Crippen molar-refractivity contribution in [2.24, 2.45) is 10.4 Å². The minimum absolute atomic E-state index is 0. The smallest absolute Gasteiger partial charge is 0.230 e. The van der Waals surface area contributed by atoms with Crippen LogP contribution >= 0.6 is 24.0 Å². The van der Waals surface area contributed by atoms with Crippen LogP contribution in [0.25, 0.3) is 0 Å². The van der Waals surface area contributed by atoms with Gasteiger partial charge in [0.2, 0.25) is 5.91 Å². The van der Waals surface area contributed by atoms with Crippen LogP contribution in [0.4, 0.5) is 0 Å². The molecule has 0 unspecified atom stereocenters. The van der Waals surface area contributed by atoms with Gasteiger partial charge in [0.25, 0.3) is 0 Å². The van der Waals surface area contributed by atoms with Crippen LogP contribution in [0.15, 0.2) is 29.5 Å². The molecular formula is C18H32IN5O. The van der Waals surface area contributed by atoms with Crippen LogP contribution in [-0.2, 0) is 11.3 Å². The minimum Gasteiger partial charge on any atom is -0.357 e. The predicted molar refractivity (Wildman–Crippen MR) is 113 cm³/mol. The molecule has 0 bridgehead atoms. The molecule has 1 saturated carbocycles. The fraction of sp³-hybridized carbons (Fsp3) is 0.667. The van der Waals surface area contributed by atoms with Crippen LogP contribution in [0.1, 0.15) is 32.6 Å². The van der Waals surface area contributed by atoms with E-state index in [4.69, 9.17) is 4.99 Å². The number of aromatic nitrogens is 1. The largest absolute Gasteiger partial charge is 0.357 e. The molecule has 2 N–H and O–H groups in total. The van der Waals surface area contributed by atoms with E-state index in [1.165, 1.54) is 0 Å². The lowest BCUT2D eigenvalue weighted by atomic mass is 9.85. The molecule has 142 valence electrons. The minimum atomic E-state index is -0.313. The second kappa shape index (κ2) is 10.7. The van der Waals surface area contributed by atoms with Gasteiger partial charge in [-0.05, 0) is 31.9 Å². The van der Waals surface area contributed by atoms with Gasteiger partial charge in [0, 0.05) is 46.1 Å². The third-order valence-electron chi connectivity index (χ3n) is 4.63. The number of nitrogens with one attached hydrogen (secondary N) is 2. The van der Waals surface area contributed by atoms with E-state index in [0.717, 1.165) is 51.3 Å². The highest BCUT2D eigenvalue weighted by atomic mass is 127. The van der Waals surface area contributed by atoms with Gasteiger partial charge in [-0.2, -0.15) is 0 Å². The highest BCUT2D eigenvalue weighted by molar-refractivity contribution is 14.0. The Balaban J connectivity index is 0.00000312. The van der Waals surface area contributed by atoms with Gasteiger partial charge in [-0.15, -0.1) is 24.0 Å². The van der Waals surface area contributed by atoms with E-state index in [0.29, 0.717) is 6.54 Å². The van der Waals surface area contributed by atoms with Gasteiger partial charge in [0.15, 0.2) is 5.96 Å². The summed E-state index contributed by atoms with van der Waals surface area (Å²) in [6.45, 7) is 5.11. The maximum atomic E-state index is 12.6. The summed E-state index contributed by atoms with van der Waals surface area (Å²) in [7, 11) is 3.68. The molecule has 0 spiro atoms. The van der Waals surface area contributed by atoms with Gasteiger partial charge in [-0.1, -0.05) is 12.8 Å². The van der Waals surface area contributed by atoms with Crippen molar-refractivity contribution in [1.29, 1.82) is 0 Å². The number of hydrogen-bond acceptors (Lipinski definition) is 2. The van der Waals surface area contributed by atoms with Crippen molar-refractivity contribution in [3.8, 4) is 0 Å². The van der Waals surface area contributed by atoms with Crippen LogP contribution in [0.5, 0.6) is 0 Å². The SMILES string of the molecule is CCNC(=NCC1(C(=O)N(C)C)CCCC1)NCCn1cccc1.I. The van der Waals surface area contributed by atoms with Gasteiger partial charge >= 0.3 is 0 Å². The Bertz CT molecular complexity index is 536. The summed E-state index contributed by atoms with van der Waals surface area (Å²) in [6.07, 6.45) is 8.22. The van der Waals surface area contributed by atoms with Gasteiger partial charge in [-0.3, -0.25) is 9.79 Å². The molecular weight excluding hydrogens is 429 g/mol. The van der Waals surface area contributed by atoms with Crippen LogP contribution in [0, 0.1) is 5.41 Å². The number of hydrogen-bond donors (Lipinski definition) is 2. The molecule has 0 aliphatic heterocycles. The lowest BCUT2D eigenvalue weighted by Gasteiger charge is -2.29. The molecule has 1 heterocycles. The summed E-state index contributed by atoms with van der Waals surface area (Å²) < 4.78 is 2.13. The molecule has 0 saturated heterocycles. The predicted octanol–water partition coefficient (Wildman–Crippen LogP) is 2.31. The lowest BCUT2D eigenvalue weighted by molar-refractivity contribution is -0.138. The molecule has 1 fully saturated rings. The summed E-state index contributed by atoms with van der Waals surface area (Å²) in [4.78, 5) is 19.1. The fourth-order valence-electron chi connectivity index (χ4n) is 3.36. The highest BCUT2D eigenvalue weighted by Crippen LogP contribution is 2.39. The highest BCUT2D eigenvalue weighted by Gasteiger charge is 2.41. The summed E-state index contributed by atoms with van der Waals surface area (Å²) in [5.41, 5.74) is -0.313. The number of aliphatic imine (C=N–C) groups is 1. The number of carbonyl (C=O) groups excluding carboxylic acids is 1. The molecule has 1 aliphatic rings. The van der Waals surface area contributed by atoms with Gasteiger partial charge in [0.05, 0.1) is 12.0 Å². The molecule has 2 rings (SSSR count). The molecule has 25 heavy (non-hydrogen) atoms. The van der Waals surface area contributed by atoms with Gasteiger partial charge < -0.3 is 20.1 Å². The van der Waals surface area contributed by atoms with Crippen molar-refractivity contribution < 1.29 is 4.79 Å². The third-order valence-corrected chi connectivity index (χ3v) is 4.63. The van der Waals surface area contributed by atoms with Gasteiger partial charge in [0.1, 0.15) is 0 Å². The first kappa shape index (κ1) is 21.8. The number of carbonyl (C=O) groups is 1. The van der Waals surface area contributed by atoms with E-state index < -0.39 is 0 Å². The number of halogens is 1. The second-order valence-corrected chi connectivity index (χ2v) is 6.73. The van der Waals surface area contributed by atoms with Crippen molar-refractivity contribution in [1.82, 2.24) is 20.1 Å². The maximum Gasteiger partial charge on any atom is 0.230 e. The van der Waals surface area contributed by atoms with E-state index in [2.05, 4.69) is 34.5 Å². The lowest BCUT2D eigenvalue weighted by Crippen LogP contribution is -2.43. The number of amides is 1. The number of rotatable bonds is 7. The maximum absolute atomic E-state index is 12.6. The van der Waals surface area contributed by atoms with Crippen LogP contribution in [0.2, 0.25) is 0 Å². The Labute approximate surface area is 168 Å². The Morgan fingerprint density at radius 2 is 1.84 bits per heavy atom. The Kier molecular flexibility index (Phi) is 9.31. The van der Waals surface area contributed by atoms with E-state index in [1.54, 1.807) is 4.90 Å². The monoisotopic (exact) mass is 461 g/mol. The van der Waals surface area contributed by atoms with E-state index in [1.807, 2.05) is 26.2 Å². The van der Waals surface area contributed by atoms with E-state index in [-0.39, 0.29) is 35.3 Å². The number of nitrogens with zero attached hydrogens (tertiary/aromatic N) is 3. The van der Waals surface area contributed by atoms with Crippen molar-refractivity contribution >= 4 is 35.8 Å². The average Bonchev–Trinajstić information content (AvgIpc) is 3.24. The van der Waals surface area contributed by atoms with Crippen LogP contribution < -0.4 is 10.6 Å². The molecule has 1 aromatic rings. The summed E-state index contributed by atoms with van der Waals surface area (Å²) in [6, 6.07) is 4.05. The standard InChI is InChI=1S/C18H31N5O.HI/c1-4-19-17(20-11-14-23-12-7-8-13-23)21-15-18(9-5-6-10-18)16(24)22(2)3;/h7-8,12-13H,4-6,9-11,14-15H2,1-3H3,(H2,19,20,21);1H. The second-order valence-electron chi connectivity index (χ2n) is 6.73. The first-order valence-corrected chi connectivity index (χ1v) is 8.92.